The number of anilines is 1. The number of ether oxygens (including phenoxy) is 1. The lowest BCUT2D eigenvalue weighted by Gasteiger charge is -2.10. The second-order valence-electron chi connectivity index (χ2n) is 4.47. The summed E-state index contributed by atoms with van der Waals surface area (Å²) in [5, 5.41) is 4.79. The number of nitrogens with one attached hydrogen (secondary N) is 2. The highest BCUT2D eigenvalue weighted by Crippen LogP contribution is 2.19. The molecule has 3 amide bonds. The fourth-order valence-corrected chi connectivity index (χ4v) is 1.56. The molecule has 0 aliphatic heterocycles. The molecule has 1 rings (SSSR count). The number of unbranched alkanes of at least 4 members (excludes halogenated alkanes) is 1. The number of carbonyl (C=O) groups excluding carboxylic acids is 2. The molecule has 0 atom stereocenters. The van der Waals surface area contributed by atoms with E-state index in [1.807, 2.05) is 13.8 Å². The van der Waals surface area contributed by atoms with Gasteiger partial charge in [0.25, 0.3) is 5.91 Å². The number of amides is 3. The molecule has 0 radical (unpaired) electrons. The number of nitrogen functional groups attached to an aromatic ring is 1. The quantitative estimate of drug-likeness (QED) is 0.544. The van der Waals surface area contributed by atoms with E-state index in [1.54, 1.807) is 18.2 Å². The molecule has 0 bridgehead atoms. The summed E-state index contributed by atoms with van der Waals surface area (Å²) in [7, 11) is 0. The summed E-state index contributed by atoms with van der Waals surface area (Å²) in [5.41, 5.74) is 7.09. The van der Waals surface area contributed by atoms with Crippen molar-refractivity contribution in [1.29, 1.82) is 0 Å². The van der Waals surface area contributed by atoms with Crippen LogP contribution in [-0.2, 0) is 4.79 Å². The predicted octanol–water partition coefficient (Wildman–Crippen LogP) is 1.58. The van der Waals surface area contributed by atoms with Gasteiger partial charge in [-0.3, -0.25) is 10.1 Å². The smallest absolute Gasteiger partial charge is 0.321 e. The summed E-state index contributed by atoms with van der Waals surface area (Å²) >= 11 is 0. The molecule has 6 nitrogen and oxygen atoms in total. The fourth-order valence-electron chi connectivity index (χ4n) is 1.56. The topological polar surface area (TPSA) is 93.5 Å². The molecule has 0 aromatic heterocycles. The van der Waals surface area contributed by atoms with Gasteiger partial charge < -0.3 is 15.8 Å². The average molecular weight is 279 g/mol. The molecule has 20 heavy (non-hydrogen) atoms. The van der Waals surface area contributed by atoms with Gasteiger partial charge in [0, 0.05) is 12.2 Å². The van der Waals surface area contributed by atoms with Crippen LogP contribution in [0.2, 0.25) is 0 Å². The van der Waals surface area contributed by atoms with E-state index in [2.05, 4.69) is 10.6 Å². The largest absolute Gasteiger partial charge is 0.483 e. The molecule has 0 fully saturated rings. The second kappa shape index (κ2) is 8.04. The number of rotatable bonds is 6. The van der Waals surface area contributed by atoms with Crippen LogP contribution in [0.3, 0.4) is 0 Å². The van der Waals surface area contributed by atoms with Crippen molar-refractivity contribution in [3.8, 4) is 5.75 Å². The monoisotopic (exact) mass is 279 g/mol. The van der Waals surface area contributed by atoms with E-state index in [0.717, 1.165) is 18.4 Å². The summed E-state index contributed by atoms with van der Waals surface area (Å²) in [5.74, 6) is 0.0796. The lowest BCUT2D eigenvalue weighted by Crippen LogP contribution is -2.41. The molecule has 6 heteroatoms. The first-order chi connectivity index (χ1) is 9.52. The maximum atomic E-state index is 11.5. The SMILES string of the molecule is CCCCNC(=O)NC(=O)COc1ccc(N)cc1C. The predicted molar refractivity (Wildman–Crippen MR) is 77.5 cm³/mol. The van der Waals surface area contributed by atoms with Crippen molar-refractivity contribution in [3.63, 3.8) is 0 Å². The number of imide groups is 1. The molecule has 0 unspecified atom stereocenters. The Morgan fingerprint density at radius 1 is 1.35 bits per heavy atom. The lowest BCUT2D eigenvalue weighted by atomic mass is 10.2. The van der Waals surface area contributed by atoms with Gasteiger partial charge in [-0.05, 0) is 37.1 Å². The molecular formula is C14H21N3O3. The Balaban J connectivity index is 2.34. The van der Waals surface area contributed by atoms with Gasteiger partial charge in [0.1, 0.15) is 5.75 Å². The first-order valence-corrected chi connectivity index (χ1v) is 6.59. The molecule has 0 aliphatic carbocycles. The molecule has 0 spiro atoms. The summed E-state index contributed by atoms with van der Waals surface area (Å²) in [6, 6.07) is 4.64. The van der Waals surface area contributed by atoms with E-state index in [4.69, 9.17) is 10.5 Å². The number of hydrogen-bond acceptors (Lipinski definition) is 4. The van der Waals surface area contributed by atoms with Gasteiger partial charge in [0.15, 0.2) is 6.61 Å². The Morgan fingerprint density at radius 2 is 2.10 bits per heavy atom. The number of urea groups is 1. The van der Waals surface area contributed by atoms with Gasteiger partial charge in [-0.15, -0.1) is 0 Å². The number of nitrogens with two attached hydrogens (primary N) is 1. The van der Waals surface area contributed by atoms with E-state index in [0.29, 0.717) is 18.0 Å². The maximum absolute atomic E-state index is 11.5. The van der Waals surface area contributed by atoms with Gasteiger partial charge in [-0.25, -0.2) is 4.79 Å². The minimum Gasteiger partial charge on any atom is -0.483 e. The zero-order valence-electron chi connectivity index (χ0n) is 11.9. The Kier molecular flexibility index (Phi) is 6.36. The van der Waals surface area contributed by atoms with E-state index in [9.17, 15) is 9.59 Å². The Bertz CT molecular complexity index is 475. The second-order valence-corrected chi connectivity index (χ2v) is 4.47. The Morgan fingerprint density at radius 3 is 2.75 bits per heavy atom. The van der Waals surface area contributed by atoms with Crippen LogP contribution in [0.15, 0.2) is 18.2 Å². The Hall–Kier alpha value is -2.24. The maximum Gasteiger partial charge on any atom is 0.321 e. The highest BCUT2D eigenvalue weighted by molar-refractivity contribution is 5.94. The fraction of sp³-hybridized carbons (Fsp3) is 0.429. The van der Waals surface area contributed by atoms with Crippen molar-refractivity contribution in [1.82, 2.24) is 10.6 Å². The van der Waals surface area contributed by atoms with Crippen molar-refractivity contribution >= 4 is 17.6 Å². The summed E-state index contributed by atoms with van der Waals surface area (Å²) in [4.78, 5) is 22.9. The number of benzene rings is 1. The molecule has 0 heterocycles. The average Bonchev–Trinajstić information content (AvgIpc) is 2.38. The van der Waals surface area contributed by atoms with Crippen LogP contribution in [0.5, 0.6) is 5.75 Å². The van der Waals surface area contributed by atoms with Gasteiger partial charge in [-0.1, -0.05) is 13.3 Å². The van der Waals surface area contributed by atoms with Gasteiger partial charge in [0.2, 0.25) is 0 Å². The van der Waals surface area contributed by atoms with Crippen molar-refractivity contribution in [2.24, 2.45) is 0 Å². The zero-order valence-corrected chi connectivity index (χ0v) is 11.9. The van der Waals surface area contributed by atoms with Crippen molar-refractivity contribution in [2.45, 2.75) is 26.7 Å². The molecule has 4 N–H and O–H groups in total. The minimum atomic E-state index is -0.499. The summed E-state index contributed by atoms with van der Waals surface area (Å²) in [6.07, 6.45) is 1.86. The number of carbonyl (C=O) groups is 2. The number of aryl methyl sites for hydroxylation is 1. The summed E-state index contributed by atoms with van der Waals surface area (Å²) < 4.78 is 5.33. The van der Waals surface area contributed by atoms with E-state index < -0.39 is 11.9 Å². The van der Waals surface area contributed by atoms with Crippen molar-refractivity contribution in [2.75, 3.05) is 18.9 Å². The van der Waals surface area contributed by atoms with E-state index in [-0.39, 0.29) is 6.61 Å². The molecule has 0 saturated heterocycles. The van der Waals surface area contributed by atoms with Gasteiger partial charge in [0.05, 0.1) is 0 Å². The molecule has 1 aromatic carbocycles. The van der Waals surface area contributed by atoms with Crippen LogP contribution in [0.25, 0.3) is 0 Å². The van der Waals surface area contributed by atoms with Crippen LogP contribution in [0, 0.1) is 6.92 Å². The third kappa shape index (κ3) is 5.60. The van der Waals surface area contributed by atoms with Crippen molar-refractivity contribution < 1.29 is 14.3 Å². The molecule has 1 aromatic rings. The first kappa shape index (κ1) is 15.8. The van der Waals surface area contributed by atoms with Crippen LogP contribution >= 0.6 is 0 Å². The van der Waals surface area contributed by atoms with Crippen LogP contribution in [0.4, 0.5) is 10.5 Å². The third-order valence-electron chi connectivity index (χ3n) is 2.63. The molecular weight excluding hydrogens is 258 g/mol. The normalized spacial score (nSPS) is 9.90. The van der Waals surface area contributed by atoms with E-state index >= 15 is 0 Å². The zero-order chi connectivity index (χ0) is 15.0. The molecule has 110 valence electrons. The number of hydrogen-bond donors (Lipinski definition) is 3. The lowest BCUT2D eigenvalue weighted by molar-refractivity contribution is -0.122. The van der Waals surface area contributed by atoms with E-state index in [1.165, 1.54) is 0 Å². The third-order valence-corrected chi connectivity index (χ3v) is 2.63. The Labute approximate surface area is 118 Å². The highest BCUT2D eigenvalue weighted by Gasteiger charge is 2.08. The standard InChI is InChI=1S/C14H21N3O3/c1-3-4-7-16-14(19)17-13(18)9-20-12-6-5-11(15)8-10(12)2/h5-6,8H,3-4,7,9,15H2,1-2H3,(H2,16,17,18,19). The minimum absolute atomic E-state index is 0.216. The van der Waals surface area contributed by atoms with Gasteiger partial charge in [-0.2, -0.15) is 0 Å². The van der Waals surface area contributed by atoms with Crippen LogP contribution < -0.4 is 21.1 Å². The first-order valence-electron chi connectivity index (χ1n) is 6.59. The van der Waals surface area contributed by atoms with Crippen LogP contribution in [-0.4, -0.2) is 25.1 Å². The molecule has 0 saturated carbocycles. The molecule has 0 aliphatic rings. The van der Waals surface area contributed by atoms with Crippen molar-refractivity contribution in [3.05, 3.63) is 23.8 Å². The van der Waals surface area contributed by atoms with Gasteiger partial charge >= 0.3 is 6.03 Å². The highest BCUT2D eigenvalue weighted by atomic mass is 16.5. The summed E-state index contributed by atoms with van der Waals surface area (Å²) in [6.45, 7) is 4.19. The van der Waals surface area contributed by atoms with Crippen LogP contribution in [0.1, 0.15) is 25.3 Å².